The minimum absolute atomic E-state index is 0.00319. The topological polar surface area (TPSA) is 75.0 Å². The summed E-state index contributed by atoms with van der Waals surface area (Å²) in [5.41, 5.74) is 2.90. The van der Waals surface area contributed by atoms with Crippen LogP contribution >= 0.6 is 11.8 Å². The molecule has 4 heterocycles. The second-order valence-corrected chi connectivity index (χ2v) is 10.3. The van der Waals surface area contributed by atoms with Crippen molar-refractivity contribution in [2.75, 3.05) is 30.5 Å². The van der Waals surface area contributed by atoms with Gasteiger partial charge in [0.15, 0.2) is 11.4 Å². The van der Waals surface area contributed by atoms with Crippen LogP contribution in [0.5, 0.6) is 5.75 Å². The lowest BCUT2D eigenvalue weighted by Crippen LogP contribution is -2.66. The predicted octanol–water partition coefficient (Wildman–Crippen LogP) is 3.52. The van der Waals surface area contributed by atoms with E-state index in [2.05, 4.69) is 53.5 Å². The van der Waals surface area contributed by atoms with E-state index in [9.17, 15) is 14.7 Å². The van der Waals surface area contributed by atoms with Crippen LogP contribution in [0.1, 0.15) is 46.1 Å². The van der Waals surface area contributed by atoms with Gasteiger partial charge in [0.2, 0.25) is 5.43 Å². The van der Waals surface area contributed by atoms with E-state index in [1.165, 1.54) is 16.5 Å². The van der Waals surface area contributed by atoms with Gasteiger partial charge in [-0.05, 0) is 53.8 Å². The molecule has 1 N–H and O–H groups in total. The van der Waals surface area contributed by atoms with Crippen molar-refractivity contribution < 1.29 is 14.6 Å². The summed E-state index contributed by atoms with van der Waals surface area (Å²) < 4.78 is 7.51. The number of morpholine rings is 1. The van der Waals surface area contributed by atoms with Gasteiger partial charge in [-0.15, -0.1) is 11.8 Å². The zero-order valence-corrected chi connectivity index (χ0v) is 20.1. The summed E-state index contributed by atoms with van der Waals surface area (Å²) in [6.07, 6.45) is 4.51. The fraction of sp³-hybridized carbons (Fsp3) is 0.333. The summed E-state index contributed by atoms with van der Waals surface area (Å²) in [7, 11) is 0. The lowest BCUT2D eigenvalue weighted by Gasteiger charge is -2.51. The van der Waals surface area contributed by atoms with Crippen molar-refractivity contribution in [3.05, 3.63) is 93.4 Å². The second kappa shape index (κ2) is 9.09. The van der Waals surface area contributed by atoms with Crippen molar-refractivity contribution in [3.8, 4) is 5.75 Å². The molecule has 3 aromatic rings. The number of aromatic nitrogens is 1. The Bertz CT molecular complexity index is 1290. The summed E-state index contributed by atoms with van der Waals surface area (Å²) in [6, 6.07) is 18.2. The van der Waals surface area contributed by atoms with Crippen LogP contribution < -0.4 is 10.4 Å². The van der Waals surface area contributed by atoms with Gasteiger partial charge in [0, 0.05) is 23.7 Å². The van der Waals surface area contributed by atoms with Crippen LogP contribution in [0.25, 0.3) is 0 Å². The number of nitrogens with zero attached hydrogens (tertiary/aromatic N) is 3. The third kappa shape index (κ3) is 3.90. The van der Waals surface area contributed by atoms with Crippen LogP contribution in [-0.2, 0) is 11.2 Å². The van der Waals surface area contributed by atoms with E-state index in [1.807, 2.05) is 11.8 Å². The molecule has 2 atom stereocenters. The molecule has 0 spiro atoms. The van der Waals surface area contributed by atoms with Crippen molar-refractivity contribution in [1.29, 1.82) is 0 Å². The van der Waals surface area contributed by atoms with Crippen molar-refractivity contribution >= 4 is 17.7 Å². The summed E-state index contributed by atoms with van der Waals surface area (Å²) in [4.78, 5) is 28.7. The first-order valence-electron chi connectivity index (χ1n) is 12.1. The van der Waals surface area contributed by atoms with E-state index in [0.717, 1.165) is 36.1 Å². The standard InChI is InChI=1S/C27H27N3O4S/c31-22-10-11-29-25(26(22)32)27(33)28-12-13-34-17-23(28)30(29)24-19-7-3-6-18(15-19)5-1-2-14-35-21-9-4-8-20(24)16-21/h3-4,6-11,15-16,23-24,32H,1-2,5,12-14,17H2. The number of amides is 1. The van der Waals surface area contributed by atoms with E-state index in [4.69, 9.17) is 4.74 Å². The number of benzene rings is 2. The molecule has 0 radical (unpaired) electrons. The van der Waals surface area contributed by atoms with Crippen molar-refractivity contribution in [3.63, 3.8) is 0 Å². The number of carbonyl (C=O) groups excluding carboxylic acids is 1. The maximum atomic E-state index is 13.4. The van der Waals surface area contributed by atoms with Gasteiger partial charge >= 0.3 is 0 Å². The molecule has 1 fully saturated rings. The van der Waals surface area contributed by atoms with Crippen LogP contribution in [0, 0.1) is 0 Å². The highest BCUT2D eigenvalue weighted by Crippen LogP contribution is 2.37. The Kier molecular flexibility index (Phi) is 5.78. The highest BCUT2D eigenvalue weighted by molar-refractivity contribution is 7.99. The van der Waals surface area contributed by atoms with Crippen LogP contribution in [0.4, 0.5) is 0 Å². The van der Waals surface area contributed by atoms with Gasteiger partial charge in [0.1, 0.15) is 6.17 Å². The second-order valence-electron chi connectivity index (χ2n) is 9.18. The molecule has 8 heteroatoms. The Morgan fingerprint density at radius 3 is 2.71 bits per heavy atom. The predicted molar refractivity (Wildman–Crippen MR) is 135 cm³/mol. The third-order valence-electron chi connectivity index (χ3n) is 7.01. The molecule has 3 aliphatic heterocycles. The van der Waals surface area contributed by atoms with Crippen LogP contribution in [-0.4, -0.2) is 52.3 Å². The van der Waals surface area contributed by atoms with Gasteiger partial charge in [0.25, 0.3) is 5.91 Å². The summed E-state index contributed by atoms with van der Waals surface area (Å²) in [5, 5.41) is 12.8. The van der Waals surface area contributed by atoms with E-state index >= 15 is 0 Å². The Hall–Kier alpha value is -3.23. The summed E-state index contributed by atoms with van der Waals surface area (Å²) in [6.45, 7) is 1.15. The lowest BCUT2D eigenvalue weighted by atomic mass is 9.94. The first kappa shape index (κ1) is 22.2. The zero-order valence-electron chi connectivity index (χ0n) is 19.3. The van der Waals surface area contributed by atoms with Crippen LogP contribution in [0.3, 0.4) is 0 Å². The molecular formula is C27H27N3O4S. The lowest BCUT2D eigenvalue weighted by molar-refractivity contribution is -0.0197. The fourth-order valence-corrected chi connectivity index (χ4v) is 6.32. The summed E-state index contributed by atoms with van der Waals surface area (Å²) >= 11 is 1.86. The van der Waals surface area contributed by atoms with Gasteiger partial charge < -0.3 is 14.7 Å². The number of hydrogen-bond donors (Lipinski definition) is 1. The highest BCUT2D eigenvalue weighted by Gasteiger charge is 2.44. The Morgan fingerprint density at radius 1 is 1.00 bits per heavy atom. The Balaban J connectivity index is 1.61. The molecule has 35 heavy (non-hydrogen) atoms. The number of ether oxygens (including phenoxy) is 1. The number of rotatable bonds is 1. The molecule has 1 amide bonds. The van der Waals surface area contributed by atoms with Crippen LogP contribution in [0.2, 0.25) is 0 Å². The molecule has 0 saturated carbocycles. The fourth-order valence-electron chi connectivity index (χ4n) is 5.34. The van der Waals surface area contributed by atoms with E-state index in [-0.39, 0.29) is 23.8 Å². The smallest absolute Gasteiger partial charge is 0.278 e. The van der Waals surface area contributed by atoms with Crippen molar-refractivity contribution in [1.82, 2.24) is 9.58 Å². The molecule has 7 nitrogen and oxygen atoms in total. The largest absolute Gasteiger partial charge is 0.502 e. The molecule has 0 aliphatic carbocycles. The van der Waals surface area contributed by atoms with Crippen LogP contribution in [0.15, 0.2) is 70.5 Å². The van der Waals surface area contributed by atoms with Gasteiger partial charge in [0.05, 0.1) is 19.3 Å². The van der Waals surface area contributed by atoms with E-state index in [0.29, 0.717) is 19.8 Å². The number of carbonyl (C=O) groups is 1. The van der Waals surface area contributed by atoms with Gasteiger partial charge in [-0.25, -0.2) is 0 Å². The van der Waals surface area contributed by atoms with Gasteiger partial charge in [-0.1, -0.05) is 36.4 Å². The average Bonchev–Trinajstić information content (AvgIpc) is 2.88. The molecule has 1 saturated heterocycles. The number of thioether (sulfide) groups is 1. The molecule has 6 rings (SSSR count). The summed E-state index contributed by atoms with van der Waals surface area (Å²) in [5.74, 6) is 0.197. The highest BCUT2D eigenvalue weighted by atomic mass is 32.2. The molecule has 1 aromatic heterocycles. The first-order valence-corrected chi connectivity index (χ1v) is 13.0. The zero-order chi connectivity index (χ0) is 23.9. The normalized spacial score (nSPS) is 22.0. The number of hydrogen-bond acceptors (Lipinski definition) is 6. The molecule has 2 unspecified atom stereocenters. The molecule has 4 bridgehead atoms. The van der Waals surface area contributed by atoms with Crippen molar-refractivity contribution in [2.24, 2.45) is 0 Å². The molecular weight excluding hydrogens is 462 g/mol. The maximum absolute atomic E-state index is 13.4. The van der Waals surface area contributed by atoms with Gasteiger partial charge in [-0.3, -0.25) is 19.3 Å². The van der Waals surface area contributed by atoms with Gasteiger partial charge in [-0.2, -0.15) is 0 Å². The maximum Gasteiger partial charge on any atom is 0.278 e. The van der Waals surface area contributed by atoms with E-state index in [1.54, 1.807) is 15.8 Å². The quantitative estimate of drug-likeness (QED) is 0.564. The minimum Gasteiger partial charge on any atom is -0.502 e. The number of pyridine rings is 1. The van der Waals surface area contributed by atoms with E-state index < -0.39 is 11.2 Å². The monoisotopic (exact) mass is 489 g/mol. The minimum atomic E-state index is -0.560. The average molecular weight is 490 g/mol. The number of aryl methyl sites for hydroxylation is 1. The Labute approximate surface area is 207 Å². The SMILES string of the molecule is O=C1c2c(O)c(=O)ccn2N(C2c3cccc(c3)CCCCSc3cccc2c3)C2COCCN12. The molecule has 180 valence electrons. The molecule has 2 aromatic carbocycles. The number of aromatic hydroxyl groups is 1. The Morgan fingerprint density at radius 2 is 1.83 bits per heavy atom. The molecule has 3 aliphatic rings. The third-order valence-corrected chi connectivity index (χ3v) is 8.09. The van der Waals surface area contributed by atoms with Crippen molar-refractivity contribution in [2.45, 2.75) is 36.4 Å². The number of fused-ring (bicyclic) bond motifs is 6. The first-order chi connectivity index (χ1) is 17.1.